The van der Waals surface area contributed by atoms with E-state index in [1.807, 2.05) is 25.6 Å². The van der Waals surface area contributed by atoms with E-state index >= 15 is 0 Å². The summed E-state index contributed by atoms with van der Waals surface area (Å²) in [7, 11) is 0. The summed E-state index contributed by atoms with van der Waals surface area (Å²) >= 11 is 1.93. The number of hydrogen-bond donors (Lipinski definition) is 2. The molecule has 0 bridgehead atoms. The molecular weight excluding hydrogens is 170 g/mol. The first-order chi connectivity index (χ1) is 5.47. The van der Waals surface area contributed by atoms with Gasteiger partial charge in [0.15, 0.2) is 0 Å². The molecule has 1 atom stereocenters. The quantitative estimate of drug-likeness (QED) is 0.705. The molecular formula is C9H19NOS. The summed E-state index contributed by atoms with van der Waals surface area (Å²) in [4.78, 5) is 0. The number of thioether (sulfide) groups is 1. The van der Waals surface area contributed by atoms with Crippen LogP contribution in [0.5, 0.6) is 0 Å². The molecule has 0 aromatic rings. The molecule has 3 N–H and O–H groups in total. The molecule has 1 fully saturated rings. The van der Waals surface area contributed by atoms with E-state index in [1.54, 1.807) is 0 Å². The van der Waals surface area contributed by atoms with Gasteiger partial charge in [-0.15, -0.1) is 0 Å². The molecule has 0 aromatic carbocycles. The minimum absolute atomic E-state index is 0.165. The fraction of sp³-hybridized carbons (Fsp3) is 1.00. The number of hydrogen-bond acceptors (Lipinski definition) is 3. The third-order valence-corrected chi connectivity index (χ3v) is 3.93. The second kappa shape index (κ2) is 3.56. The molecule has 1 aliphatic rings. The van der Waals surface area contributed by atoms with Crippen LogP contribution in [0, 0.1) is 0 Å². The predicted molar refractivity (Wildman–Crippen MR) is 54.4 cm³/mol. The second-order valence-corrected chi connectivity index (χ2v) is 5.89. The first-order valence-corrected chi connectivity index (χ1v) is 5.52. The van der Waals surface area contributed by atoms with Crippen LogP contribution in [0.15, 0.2) is 0 Å². The molecule has 0 aromatic heterocycles. The number of aliphatic hydroxyl groups is 1. The van der Waals surface area contributed by atoms with Crippen molar-refractivity contribution >= 4 is 11.8 Å². The van der Waals surface area contributed by atoms with Crippen molar-refractivity contribution in [2.75, 3.05) is 12.3 Å². The van der Waals surface area contributed by atoms with Gasteiger partial charge in [-0.1, -0.05) is 0 Å². The lowest BCUT2D eigenvalue weighted by Gasteiger charge is -2.32. The molecule has 12 heavy (non-hydrogen) atoms. The summed E-state index contributed by atoms with van der Waals surface area (Å²) < 4.78 is 0.165. The highest BCUT2D eigenvalue weighted by Gasteiger charge is 2.37. The van der Waals surface area contributed by atoms with E-state index in [1.165, 1.54) is 12.2 Å². The molecule has 2 nitrogen and oxygen atoms in total. The van der Waals surface area contributed by atoms with Crippen LogP contribution in [0.1, 0.15) is 33.1 Å². The minimum Gasteiger partial charge on any atom is -0.390 e. The highest BCUT2D eigenvalue weighted by Crippen LogP contribution is 2.42. The van der Waals surface area contributed by atoms with Crippen molar-refractivity contribution in [3.63, 3.8) is 0 Å². The van der Waals surface area contributed by atoms with Crippen molar-refractivity contribution in [2.24, 2.45) is 5.73 Å². The van der Waals surface area contributed by atoms with E-state index in [2.05, 4.69) is 0 Å². The fourth-order valence-electron chi connectivity index (χ4n) is 1.92. The van der Waals surface area contributed by atoms with Gasteiger partial charge in [-0.3, -0.25) is 0 Å². The van der Waals surface area contributed by atoms with E-state index in [0.29, 0.717) is 6.54 Å². The summed E-state index contributed by atoms with van der Waals surface area (Å²) in [6, 6.07) is 0. The summed E-state index contributed by atoms with van der Waals surface area (Å²) in [5.74, 6) is 1.20. The molecule has 0 radical (unpaired) electrons. The Balaban J connectivity index is 2.55. The van der Waals surface area contributed by atoms with E-state index < -0.39 is 5.60 Å². The van der Waals surface area contributed by atoms with Gasteiger partial charge in [-0.05, 0) is 38.9 Å². The summed E-state index contributed by atoms with van der Waals surface area (Å²) in [6.07, 6.45) is 3.23. The Hall–Kier alpha value is 0.270. The summed E-state index contributed by atoms with van der Waals surface area (Å²) in [6.45, 7) is 4.42. The third-order valence-electron chi connectivity index (χ3n) is 2.31. The molecule has 0 saturated carbocycles. The van der Waals surface area contributed by atoms with Gasteiger partial charge in [0.1, 0.15) is 0 Å². The first kappa shape index (κ1) is 10.4. The normalized spacial score (nSPS) is 31.0. The van der Waals surface area contributed by atoms with Crippen LogP contribution >= 0.6 is 11.8 Å². The van der Waals surface area contributed by atoms with E-state index in [0.717, 1.165) is 12.8 Å². The molecule has 1 saturated heterocycles. The Labute approximate surface area is 78.9 Å². The van der Waals surface area contributed by atoms with Crippen molar-refractivity contribution in [3.8, 4) is 0 Å². The zero-order valence-electron chi connectivity index (χ0n) is 7.97. The Morgan fingerprint density at radius 3 is 2.58 bits per heavy atom. The van der Waals surface area contributed by atoms with Crippen LogP contribution in [-0.2, 0) is 0 Å². The molecule has 72 valence electrons. The minimum atomic E-state index is -0.573. The second-order valence-electron chi connectivity index (χ2n) is 4.33. The molecule has 0 amide bonds. The SMILES string of the molecule is CC(C)(O)CC1(CN)CCCS1. The smallest absolute Gasteiger partial charge is 0.0605 e. The van der Waals surface area contributed by atoms with Crippen LogP contribution in [0.3, 0.4) is 0 Å². The summed E-state index contributed by atoms with van der Waals surface area (Å²) in [5, 5.41) is 9.71. The average Bonchev–Trinajstić information content (AvgIpc) is 2.34. The zero-order chi connectivity index (χ0) is 9.24. The van der Waals surface area contributed by atoms with Crippen LogP contribution in [-0.4, -0.2) is 27.8 Å². The van der Waals surface area contributed by atoms with E-state index in [-0.39, 0.29) is 4.75 Å². The molecule has 1 unspecified atom stereocenters. The number of rotatable bonds is 3. The van der Waals surface area contributed by atoms with Gasteiger partial charge >= 0.3 is 0 Å². The molecule has 1 aliphatic heterocycles. The maximum Gasteiger partial charge on any atom is 0.0605 e. The van der Waals surface area contributed by atoms with Gasteiger partial charge in [-0.25, -0.2) is 0 Å². The van der Waals surface area contributed by atoms with E-state index in [9.17, 15) is 5.11 Å². The average molecular weight is 189 g/mol. The fourth-order valence-corrected chi connectivity index (χ4v) is 3.50. The first-order valence-electron chi connectivity index (χ1n) is 4.54. The predicted octanol–water partition coefficient (Wildman–Crippen LogP) is 1.37. The van der Waals surface area contributed by atoms with Crippen molar-refractivity contribution in [3.05, 3.63) is 0 Å². The van der Waals surface area contributed by atoms with Crippen molar-refractivity contribution in [1.29, 1.82) is 0 Å². The third kappa shape index (κ3) is 2.64. The molecule has 0 aliphatic carbocycles. The number of nitrogens with two attached hydrogens (primary N) is 1. The Kier molecular flexibility index (Phi) is 3.07. The lowest BCUT2D eigenvalue weighted by Crippen LogP contribution is -2.39. The van der Waals surface area contributed by atoms with Crippen LogP contribution in [0.25, 0.3) is 0 Å². The Morgan fingerprint density at radius 1 is 1.58 bits per heavy atom. The Bertz CT molecular complexity index is 147. The lowest BCUT2D eigenvalue weighted by atomic mass is 9.90. The zero-order valence-corrected chi connectivity index (χ0v) is 8.78. The topological polar surface area (TPSA) is 46.2 Å². The van der Waals surface area contributed by atoms with Gasteiger partial charge in [0.25, 0.3) is 0 Å². The van der Waals surface area contributed by atoms with Gasteiger partial charge in [0.05, 0.1) is 5.60 Å². The van der Waals surface area contributed by atoms with Crippen molar-refractivity contribution in [1.82, 2.24) is 0 Å². The maximum absolute atomic E-state index is 9.71. The van der Waals surface area contributed by atoms with Crippen LogP contribution in [0.2, 0.25) is 0 Å². The standard InChI is InChI=1S/C9H19NOS/c1-8(2,11)6-9(7-10)4-3-5-12-9/h11H,3-7,10H2,1-2H3. The molecule has 3 heteroatoms. The van der Waals surface area contributed by atoms with Crippen LogP contribution in [0.4, 0.5) is 0 Å². The van der Waals surface area contributed by atoms with E-state index in [4.69, 9.17) is 5.73 Å². The maximum atomic E-state index is 9.71. The van der Waals surface area contributed by atoms with Gasteiger partial charge in [-0.2, -0.15) is 11.8 Å². The molecule has 0 spiro atoms. The molecule has 1 heterocycles. The van der Waals surface area contributed by atoms with Gasteiger partial charge < -0.3 is 10.8 Å². The highest BCUT2D eigenvalue weighted by atomic mass is 32.2. The summed E-state index contributed by atoms with van der Waals surface area (Å²) in [5.41, 5.74) is 5.17. The van der Waals surface area contributed by atoms with Gasteiger partial charge in [0.2, 0.25) is 0 Å². The van der Waals surface area contributed by atoms with Gasteiger partial charge in [0, 0.05) is 11.3 Å². The molecule has 1 rings (SSSR count). The largest absolute Gasteiger partial charge is 0.390 e. The van der Waals surface area contributed by atoms with Crippen LogP contribution < -0.4 is 5.73 Å². The highest BCUT2D eigenvalue weighted by molar-refractivity contribution is 8.00. The monoisotopic (exact) mass is 189 g/mol. The Morgan fingerprint density at radius 2 is 2.25 bits per heavy atom. The lowest BCUT2D eigenvalue weighted by molar-refractivity contribution is 0.0593. The van der Waals surface area contributed by atoms with Crippen molar-refractivity contribution < 1.29 is 5.11 Å². The van der Waals surface area contributed by atoms with Crippen molar-refractivity contribution in [2.45, 2.75) is 43.5 Å².